The van der Waals surface area contributed by atoms with E-state index in [2.05, 4.69) is 5.32 Å². The molecular weight excluding hydrogens is 218 g/mol. The van der Waals surface area contributed by atoms with Crippen molar-refractivity contribution in [1.82, 2.24) is 14.7 Å². The molecule has 1 aliphatic heterocycles. The highest BCUT2D eigenvalue weighted by Gasteiger charge is 2.18. The highest BCUT2D eigenvalue weighted by molar-refractivity contribution is 5.75. The lowest BCUT2D eigenvalue weighted by molar-refractivity contribution is -0.120. The van der Waals surface area contributed by atoms with Crippen molar-refractivity contribution in [2.24, 2.45) is 0 Å². The molecule has 1 aromatic heterocycles. The molecule has 1 aliphatic rings. The molecule has 5 nitrogen and oxygen atoms in total. The zero-order valence-corrected chi connectivity index (χ0v) is 10.5. The molecule has 0 fully saturated rings. The highest BCUT2D eigenvalue weighted by atomic mass is 16.2. The van der Waals surface area contributed by atoms with E-state index in [1.165, 1.54) is 0 Å². The fraction of sp³-hybridized carbons (Fsp3) is 0.667. The van der Waals surface area contributed by atoms with Crippen LogP contribution < -0.4 is 10.9 Å². The van der Waals surface area contributed by atoms with Crippen molar-refractivity contribution in [3.63, 3.8) is 0 Å². The van der Waals surface area contributed by atoms with Gasteiger partial charge in [-0.15, -0.1) is 0 Å². The maximum Gasteiger partial charge on any atom is 0.271 e. The average Bonchev–Trinajstić information content (AvgIpc) is 2.60. The van der Waals surface area contributed by atoms with Crippen molar-refractivity contribution in [3.8, 4) is 0 Å². The minimum absolute atomic E-state index is 0.0158. The molecule has 1 N–H and O–H groups in total. The van der Waals surface area contributed by atoms with E-state index in [9.17, 15) is 9.59 Å². The number of amides is 1. The van der Waals surface area contributed by atoms with Crippen LogP contribution in [-0.4, -0.2) is 15.3 Å². The van der Waals surface area contributed by atoms with Gasteiger partial charge in [0.15, 0.2) is 0 Å². The number of carbonyl (C=O) groups is 1. The monoisotopic (exact) mass is 237 g/mol. The second-order valence-corrected chi connectivity index (χ2v) is 4.45. The summed E-state index contributed by atoms with van der Waals surface area (Å²) >= 11 is 0. The molecule has 1 aromatic rings. The van der Waals surface area contributed by atoms with Gasteiger partial charge in [-0.3, -0.25) is 19.0 Å². The lowest BCUT2D eigenvalue weighted by atomic mass is 10.2. The molecule has 0 unspecified atom stereocenters. The molecule has 0 spiro atoms. The van der Waals surface area contributed by atoms with Crippen LogP contribution in [0.2, 0.25) is 0 Å². The summed E-state index contributed by atoms with van der Waals surface area (Å²) in [5.41, 5.74) is 1.78. The van der Waals surface area contributed by atoms with Crippen LogP contribution in [0.3, 0.4) is 0 Å². The number of hydrogen-bond acceptors (Lipinski definition) is 2. The van der Waals surface area contributed by atoms with E-state index in [0.717, 1.165) is 37.2 Å². The predicted molar refractivity (Wildman–Crippen MR) is 64.8 cm³/mol. The van der Waals surface area contributed by atoms with E-state index < -0.39 is 0 Å². The minimum atomic E-state index is -0.0158. The highest BCUT2D eigenvalue weighted by Crippen LogP contribution is 2.12. The molecule has 17 heavy (non-hydrogen) atoms. The molecule has 1 amide bonds. The van der Waals surface area contributed by atoms with Crippen LogP contribution in [0.1, 0.15) is 37.4 Å². The molecule has 0 radical (unpaired) electrons. The fourth-order valence-electron chi connectivity index (χ4n) is 2.31. The molecule has 5 heteroatoms. The number of nitrogens with one attached hydrogen (secondary N) is 1. The van der Waals surface area contributed by atoms with Gasteiger partial charge in [-0.2, -0.15) is 0 Å². The van der Waals surface area contributed by atoms with Crippen molar-refractivity contribution >= 4 is 5.91 Å². The van der Waals surface area contributed by atoms with Crippen LogP contribution in [0, 0.1) is 6.92 Å². The third-order valence-corrected chi connectivity index (χ3v) is 3.38. The Morgan fingerprint density at radius 3 is 2.53 bits per heavy atom. The number of rotatable bonds is 3. The Kier molecular flexibility index (Phi) is 3.36. The van der Waals surface area contributed by atoms with Gasteiger partial charge < -0.3 is 5.32 Å². The van der Waals surface area contributed by atoms with Crippen molar-refractivity contribution in [1.29, 1.82) is 0 Å². The maximum atomic E-state index is 12.1. The molecule has 2 heterocycles. The summed E-state index contributed by atoms with van der Waals surface area (Å²) in [6.45, 7) is 5.81. The Labute approximate surface area is 100 Å². The summed E-state index contributed by atoms with van der Waals surface area (Å²) in [5, 5.41) is 2.77. The van der Waals surface area contributed by atoms with E-state index in [4.69, 9.17) is 0 Å². The summed E-state index contributed by atoms with van der Waals surface area (Å²) in [6, 6.07) is 0. The van der Waals surface area contributed by atoms with Gasteiger partial charge in [0.2, 0.25) is 5.91 Å². The standard InChI is InChI=1S/C12H19N3O2/c1-3-11(16)13-8-10-9(2)14-6-4-5-7-15(14)12(10)17/h3-8H2,1-2H3,(H,13,16). The first-order valence-corrected chi connectivity index (χ1v) is 6.21. The molecule has 2 rings (SSSR count). The lowest BCUT2D eigenvalue weighted by Crippen LogP contribution is -2.29. The van der Waals surface area contributed by atoms with E-state index in [1.807, 2.05) is 11.6 Å². The van der Waals surface area contributed by atoms with Gasteiger partial charge in [-0.25, -0.2) is 0 Å². The van der Waals surface area contributed by atoms with Gasteiger partial charge in [0.05, 0.1) is 12.1 Å². The maximum absolute atomic E-state index is 12.1. The average molecular weight is 237 g/mol. The van der Waals surface area contributed by atoms with Crippen LogP contribution in [0.25, 0.3) is 0 Å². The predicted octanol–water partition coefficient (Wildman–Crippen LogP) is 0.778. The first-order chi connectivity index (χ1) is 8.15. The first kappa shape index (κ1) is 12.0. The van der Waals surface area contributed by atoms with Gasteiger partial charge in [0.25, 0.3) is 5.56 Å². The van der Waals surface area contributed by atoms with Crippen LogP contribution in [0.5, 0.6) is 0 Å². The Morgan fingerprint density at radius 2 is 1.94 bits per heavy atom. The van der Waals surface area contributed by atoms with E-state index in [1.54, 1.807) is 11.6 Å². The van der Waals surface area contributed by atoms with Gasteiger partial charge in [0.1, 0.15) is 0 Å². The van der Waals surface area contributed by atoms with E-state index in [-0.39, 0.29) is 11.5 Å². The summed E-state index contributed by atoms with van der Waals surface area (Å²) in [5.74, 6) is -0.0158. The number of aromatic nitrogens is 2. The van der Waals surface area contributed by atoms with Crippen LogP contribution in [0.15, 0.2) is 4.79 Å². The second kappa shape index (κ2) is 4.77. The zero-order valence-electron chi connectivity index (χ0n) is 10.5. The molecule has 0 aromatic carbocycles. The quantitative estimate of drug-likeness (QED) is 0.844. The first-order valence-electron chi connectivity index (χ1n) is 6.21. The smallest absolute Gasteiger partial charge is 0.271 e. The Bertz CT molecular complexity index is 485. The van der Waals surface area contributed by atoms with Crippen molar-refractivity contribution in [3.05, 3.63) is 21.6 Å². The van der Waals surface area contributed by atoms with Crippen LogP contribution in [0.4, 0.5) is 0 Å². The SMILES string of the molecule is CCC(=O)NCc1c(C)n2n(c1=O)CCCC2. The molecule has 0 atom stereocenters. The van der Waals surface area contributed by atoms with Gasteiger partial charge in [0, 0.05) is 25.2 Å². The zero-order chi connectivity index (χ0) is 12.4. The number of fused-ring (bicyclic) bond motifs is 1. The molecular formula is C12H19N3O2. The minimum Gasteiger partial charge on any atom is -0.352 e. The van der Waals surface area contributed by atoms with Crippen LogP contribution >= 0.6 is 0 Å². The van der Waals surface area contributed by atoms with Gasteiger partial charge in [-0.1, -0.05) is 6.92 Å². The van der Waals surface area contributed by atoms with Crippen molar-refractivity contribution < 1.29 is 4.79 Å². The number of nitrogens with zero attached hydrogens (tertiary/aromatic N) is 2. The summed E-state index contributed by atoms with van der Waals surface area (Å²) in [4.78, 5) is 23.4. The molecule has 0 aliphatic carbocycles. The van der Waals surface area contributed by atoms with E-state index in [0.29, 0.717) is 13.0 Å². The summed E-state index contributed by atoms with van der Waals surface area (Å²) in [7, 11) is 0. The number of hydrogen-bond donors (Lipinski definition) is 1. The largest absolute Gasteiger partial charge is 0.352 e. The topological polar surface area (TPSA) is 56.0 Å². The van der Waals surface area contributed by atoms with E-state index >= 15 is 0 Å². The molecule has 94 valence electrons. The normalized spacial score (nSPS) is 14.5. The molecule has 0 saturated heterocycles. The van der Waals surface area contributed by atoms with Gasteiger partial charge in [-0.05, 0) is 19.8 Å². The molecule has 0 bridgehead atoms. The van der Waals surface area contributed by atoms with Gasteiger partial charge >= 0.3 is 0 Å². The van der Waals surface area contributed by atoms with Crippen molar-refractivity contribution in [2.75, 3.05) is 0 Å². The second-order valence-electron chi connectivity index (χ2n) is 4.45. The summed E-state index contributed by atoms with van der Waals surface area (Å²) in [6.07, 6.45) is 2.63. The van der Waals surface area contributed by atoms with Crippen LogP contribution in [-0.2, 0) is 24.4 Å². The lowest BCUT2D eigenvalue weighted by Gasteiger charge is -2.18. The Morgan fingerprint density at radius 1 is 1.29 bits per heavy atom. The third-order valence-electron chi connectivity index (χ3n) is 3.38. The third kappa shape index (κ3) is 2.14. The Hall–Kier alpha value is -1.52. The Balaban J connectivity index is 2.25. The number of carbonyl (C=O) groups excluding carboxylic acids is 1. The fourth-order valence-corrected chi connectivity index (χ4v) is 2.31. The summed E-state index contributed by atoms with van der Waals surface area (Å²) < 4.78 is 3.84. The molecule has 0 saturated carbocycles. The van der Waals surface area contributed by atoms with Crippen molar-refractivity contribution in [2.45, 2.75) is 52.7 Å².